The minimum Gasteiger partial charge on any atom is -0.496 e. The number of methoxy groups -OCH3 is 2. The molecule has 13 heteroatoms. The molecular weight excluding hydrogens is 676 g/mol. The lowest BCUT2D eigenvalue weighted by Gasteiger charge is -2.22. The third-order valence-corrected chi connectivity index (χ3v) is 8.59. The van der Waals surface area contributed by atoms with E-state index in [9.17, 15) is 19.5 Å². The number of aliphatic carboxylic acids is 1. The van der Waals surface area contributed by atoms with Gasteiger partial charge in [-0.1, -0.05) is 78.9 Å². The maximum atomic E-state index is 13.4. The van der Waals surface area contributed by atoms with Gasteiger partial charge in [-0.3, -0.25) is 14.6 Å². The van der Waals surface area contributed by atoms with E-state index < -0.39 is 29.9 Å². The molecule has 53 heavy (non-hydrogen) atoms. The molecule has 0 unspecified atom stereocenters. The predicted octanol–water partition coefficient (Wildman–Crippen LogP) is 3.70. The van der Waals surface area contributed by atoms with E-state index in [-0.39, 0.29) is 38.4 Å². The first-order valence-corrected chi connectivity index (χ1v) is 17.2. The van der Waals surface area contributed by atoms with Gasteiger partial charge in [-0.2, -0.15) is 0 Å². The smallest absolute Gasteiger partial charge is 0.326 e. The molecule has 0 heterocycles. The monoisotopic (exact) mass is 724 g/mol. The van der Waals surface area contributed by atoms with Crippen molar-refractivity contribution in [2.75, 3.05) is 27.3 Å². The standard InChI is InChI=1S/C40H48N6O7/c1-26-29(16-10-17-31(26)28-14-8-5-9-15-28)25-53-30-21-35(51-2)32(36(22-30)52-3)23-43-24-37(47)45-34(20-27-12-6-4-7-13-27)38(48)46-33(39(49)50)18-11-19-44-40(41)42/h4-10,12-17,21-22,33-34,43H,11,18-20,23-25H2,1-3H3,(H,45,47)(H,46,48)(H,49,50)(H4,41,42,44)/t33-,34+/m0/s1. The van der Waals surface area contributed by atoms with Crippen LogP contribution in [0.15, 0.2) is 96.0 Å². The van der Waals surface area contributed by atoms with Crippen molar-refractivity contribution in [1.82, 2.24) is 16.0 Å². The molecule has 0 saturated heterocycles. The maximum Gasteiger partial charge on any atom is 0.326 e. The molecule has 4 aromatic carbocycles. The van der Waals surface area contributed by atoms with Gasteiger partial charge in [0.1, 0.15) is 35.9 Å². The minimum atomic E-state index is -1.21. The van der Waals surface area contributed by atoms with Crippen LogP contribution in [0.4, 0.5) is 0 Å². The van der Waals surface area contributed by atoms with Crippen LogP contribution >= 0.6 is 0 Å². The Morgan fingerprint density at radius 2 is 1.51 bits per heavy atom. The van der Waals surface area contributed by atoms with Gasteiger partial charge in [-0.05, 0) is 47.6 Å². The van der Waals surface area contributed by atoms with E-state index >= 15 is 0 Å². The Kier molecular flexibility index (Phi) is 15.0. The highest BCUT2D eigenvalue weighted by Crippen LogP contribution is 2.35. The Bertz CT molecular complexity index is 1820. The average molecular weight is 725 g/mol. The summed E-state index contributed by atoms with van der Waals surface area (Å²) in [5, 5.41) is 18.1. The number of hydrogen-bond donors (Lipinski definition) is 6. The highest BCUT2D eigenvalue weighted by Gasteiger charge is 2.27. The highest BCUT2D eigenvalue weighted by molar-refractivity contribution is 5.91. The third-order valence-electron chi connectivity index (χ3n) is 8.59. The van der Waals surface area contributed by atoms with Gasteiger partial charge in [0.2, 0.25) is 11.8 Å². The van der Waals surface area contributed by atoms with Crippen molar-refractivity contribution in [2.24, 2.45) is 16.5 Å². The average Bonchev–Trinajstić information content (AvgIpc) is 3.15. The number of guanidine groups is 1. The zero-order valence-corrected chi connectivity index (χ0v) is 30.3. The number of nitrogens with one attached hydrogen (secondary N) is 3. The van der Waals surface area contributed by atoms with Crippen molar-refractivity contribution < 1.29 is 33.7 Å². The highest BCUT2D eigenvalue weighted by atomic mass is 16.5. The molecular formula is C40H48N6O7. The summed E-state index contributed by atoms with van der Waals surface area (Å²) in [6.45, 7) is 2.67. The van der Waals surface area contributed by atoms with Crippen molar-refractivity contribution >= 4 is 23.7 Å². The molecule has 0 fully saturated rings. The summed E-state index contributed by atoms with van der Waals surface area (Å²) in [7, 11) is 3.08. The molecule has 8 N–H and O–H groups in total. The zero-order valence-electron chi connectivity index (χ0n) is 30.3. The van der Waals surface area contributed by atoms with Gasteiger partial charge in [0.15, 0.2) is 5.96 Å². The van der Waals surface area contributed by atoms with Crippen LogP contribution in [0.1, 0.15) is 35.1 Å². The van der Waals surface area contributed by atoms with Crippen molar-refractivity contribution in [3.05, 3.63) is 113 Å². The van der Waals surface area contributed by atoms with Gasteiger partial charge < -0.3 is 46.7 Å². The van der Waals surface area contributed by atoms with Crippen molar-refractivity contribution in [3.8, 4) is 28.4 Å². The summed E-state index contributed by atoms with van der Waals surface area (Å²) in [5.74, 6) is -0.846. The second-order valence-corrected chi connectivity index (χ2v) is 12.3. The number of nitrogens with two attached hydrogens (primary N) is 2. The largest absolute Gasteiger partial charge is 0.496 e. The summed E-state index contributed by atoms with van der Waals surface area (Å²) in [5.41, 5.74) is 16.6. The van der Waals surface area contributed by atoms with Gasteiger partial charge in [0, 0.05) is 31.6 Å². The quantitative estimate of drug-likeness (QED) is 0.0444. The molecule has 2 amide bonds. The molecule has 280 valence electrons. The molecule has 0 saturated carbocycles. The summed E-state index contributed by atoms with van der Waals surface area (Å²) >= 11 is 0. The third kappa shape index (κ3) is 12.0. The number of carbonyl (C=O) groups is 3. The van der Waals surface area contributed by atoms with E-state index in [0.717, 1.165) is 27.8 Å². The van der Waals surface area contributed by atoms with E-state index in [0.29, 0.717) is 35.8 Å². The lowest BCUT2D eigenvalue weighted by Crippen LogP contribution is -2.53. The molecule has 0 aliphatic carbocycles. The number of rotatable bonds is 20. The van der Waals surface area contributed by atoms with Crippen molar-refractivity contribution in [3.63, 3.8) is 0 Å². The molecule has 0 aliphatic rings. The second kappa shape index (κ2) is 20.1. The normalized spacial score (nSPS) is 11.8. The Balaban J connectivity index is 1.39. The number of carbonyl (C=O) groups excluding carboxylic acids is 2. The number of aliphatic imine (C=N–C) groups is 1. The fourth-order valence-corrected chi connectivity index (χ4v) is 5.79. The van der Waals surface area contributed by atoms with Gasteiger partial charge in [-0.25, -0.2) is 4.79 Å². The molecule has 0 spiro atoms. The Hall–Kier alpha value is -6.08. The van der Waals surface area contributed by atoms with Crippen LogP contribution in [0, 0.1) is 6.92 Å². The first-order chi connectivity index (χ1) is 25.6. The minimum absolute atomic E-state index is 0.0972. The number of nitrogens with zero attached hydrogens (tertiary/aromatic N) is 1. The molecule has 4 rings (SSSR count). The van der Waals surface area contributed by atoms with E-state index in [4.69, 9.17) is 25.7 Å². The first kappa shape index (κ1) is 39.7. The van der Waals surface area contributed by atoms with Gasteiger partial charge in [0.25, 0.3) is 0 Å². The predicted molar refractivity (Wildman–Crippen MR) is 204 cm³/mol. The van der Waals surface area contributed by atoms with Crippen LogP contribution in [-0.2, 0) is 34.0 Å². The number of ether oxygens (including phenoxy) is 3. The molecule has 4 aromatic rings. The van der Waals surface area contributed by atoms with Crippen LogP contribution in [0.25, 0.3) is 11.1 Å². The molecule has 13 nitrogen and oxygen atoms in total. The van der Waals surface area contributed by atoms with Crippen LogP contribution in [0.5, 0.6) is 17.2 Å². The number of hydrogen-bond acceptors (Lipinski definition) is 8. The molecule has 0 radical (unpaired) electrons. The van der Waals surface area contributed by atoms with Gasteiger partial charge in [-0.15, -0.1) is 0 Å². The topological polar surface area (TPSA) is 200 Å². The van der Waals surface area contributed by atoms with Crippen LogP contribution in [-0.4, -0.2) is 68.2 Å². The number of carboxylic acid groups (broad SMARTS) is 1. The summed E-state index contributed by atoms with van der Waals surface area (Å²) in [4.78, 5) is 42.3. The molecule has 0 bridgehead atoms. The second-order valence-electron chi connectivity index (χ2n) is 12.3. The van der Waals surface area contributed by atoms with Crippen LogP contribution in [0.3, 0.4) is 0 Å². The van der Waals surface area contributed by atoms with Gasteiger partial charge in [0.05, 0.1) is 26.3 Å². The Morgan fingerprint density at radius 3 is 2.13 bits per heavy atom. The summed E-state index contributed by atoms with van der Waals surface area (Å²) in [6, 6.07) is 26.8. The van der Waals surface area contributed by atoms with Crippen LogP contribution in [0.2, 0.25) is 0 Å². The molecule has 2 atom stereocenters. The lowest BCUT2D eigenvalue weighted by atomic mass is 9.97. The summed E-state index contributed by atoms with van der Waals surface area (Å²) in [6.07, 6.45) is 0.578. The number of amides is 2. The van der Waals surface area contributed by atoms with E-state index in [1.807, 2.05) is 60.7 Å². The first-order valence-electron chi connectivity index (χ1n) is 17.2. The Morgan fingerprint density at radius 1 is 0.849 bits per heavy atom. The van der Waals surface area contributed by atoms with Gasteiger partial charge >= 0.3 is 5.97 Å². The maximum absolute atomic E-state index is 13.4. The van der Waals surface area contributed by atoms with E-state index in [2.05, 4.69) is 46.1 Å². The molecule has 0 aliphatic heterocycles. The zero-order chi connectivity index (χ0) is 38.2. The van der Waals surface area contributed by atoms with E-state index in [1.165, 1.54) is 0 Å². The van der Waals surface area contributed by atoms with Crippen molar-refractivity contribution in [1.29, 1.82) is 0 Å². The Labute approximate surface area is 309 Å². The van der Waals surface area contributed by atoms with E-state index in [1.54, 1.807) is 26.4 Å². The summed E-state index contributed by atoms with van der Waals surface area (Å²) < 4.78 is 17.6. The van der Waals surface area contributed by atoms with Crippen LogP contribution < -0.4 is 41.6 Å². The van der Waals surface area contributed by atoms with Crippen molar-refractivity contribution in [2.45, 2.75) is 51.4 Å². The fraction of sp³-hybridized carbons (Fsp3) is 0.300. The SMILES string of the molecule is COc1cc(OCc2cccc(-c3ccccc3)c2C)cc(OC)c1CNCC(=O)N[C@H](Cc1ccccc1)C(=O)N[C@@H](CCCN=C(N)N)C(=O)O. The number of benzene rings is 4. The fourth-order valence-electron chi connectivity index (χ4n) is 5.79. The lowest BCUT2D eigenvalue weighted by molar-refractivity contribution is -0.142. The molecule has 0 aromatic heterocycles. The number of carboxylic acids is 1.